The third-order valence-electron chi connectivity index (χ3n) is 4.72. The lowest BCUT2D eigenvalue weighted by molar-refractivity contribution is -0.183. The molecule has 0 aromatic carbocycles. The monoisotopic (exact) mass is 344 g/mol. The van der Waals surface area contributed by atoms with E-state index in [-0.39, 0.29) is 18.1 Å². The number of nitrogens with zero attached hydrogens (tertiary/aromatic N) is 1. The van der Waals surface area contributed by atoms with Crippen LogP contribution >= 0.6 is 0 Å². The number of carboxylic acids is 1. The van der Waals surface area contributed by atoms with Gasteiger partial charge in [-0.15, -0.1) is 5.12 Å². The van der Waals surface area contributed by atoms with Crippen molar-refractivity contribution in [3.05, 3.63) is 0 Å². The topological polar surface area (TPSA) is 76.6 Å². The Balaban J connectivity index is 6.06. The van der Waals surface area contributed by atoms with Crippen LogP contribution in [0.1, 0.15) is 81.6 Å². The molecule has 3 unspecified atom stereocenters. The van der Waals surface area contributed by atoms with Crippen LogP contribution in [0.4, 0.5) is 0 Å². The van der Waals surface area contributed by atoms with E-state index in [1.807, 2.05) is 27.7 Å². The maximum Gasteiger partial charge on any atom is 0.342 e. The number of carbonyl (C=O) groups is 1. The zero-order valence-corrected chi connectivity index (χ0v) is 17.2. The molecule has 0 rings (SSSR count). The summed E-state index contributed by atoms with van der Waals surface area (Å²) in [7, 11) is 0. The number of nitrogens with one attached hydrogen (secondary N) is 3. The molecule has 4 N–H and O–H groups in total. The molecule has 0 bridgehead atoms. The fraction of sp³-hybridized carbons (Fsp3) is 0.944. The van der Waals surface area contributed by atoms with Crippen molar-refractivity contribution in [3.8, 4) is 0 Å². The normalized spacial score (nSPS) is 18.9. The lowest BCUT2D eigenvalue weighted by atomic mass is 9.79. The van der Waals surface area contributed by atoms with Crippen LogP contribution in [-0.4, -0.2) is 40.0 Å². The van der Waals surface area contributed by atoms with Crippen LogP contribution in [0.3, 0.4) is 0 Å². The molecular weight excluding hydrogens is 304 g/mol. The molecule has 4 atom stereocenters. The van der Waals surface area contributed by atoms with Crippen molar-refractivity contribution in [2.75, 3.05) is 0 Å². The molecule has 0 aliphatic heterocycles. The van der Waals surface area contributed by atoms with Gasteiger partial charge in [-0.3, -0.25) is 5.32 Å². The van der Waals surface area contributed by atoms with Crippen LogP contribution in [0, 0.1) is 5.41 Å². The van der Waals surface area contributed by atoms with Gasteiger partial charge in [-0.2, -0.15) is 0 Å². The Morgan fingerprint density at radius 2 is 1.29 bits per heavy atom. The van der Waals surface area contributed by atoms with E-state index < -0.39 is 17.0 Å². The lowest BCUT2D eigenvalue weighted by Gasteiger charge is -2.51. The smallest absolute Gasteiger partial charge is 0.342 e. The SMILES string of the molecule is CCC(C)NN(NC(C)CC)[C@](NC(C)CC)(C(=O)O)C(C)(C)C. The van der Waals surface area contributed by atoms with Gasteiger partial charge < -0.3 is 5.11 Å². The van der Waals surface area contributed by atoms with Gasteiger partial charge in [0, 0.05) is 23.5 Å². The summed E-state index contributed by atoms with van der Waals surface area (Å²) < 4.78 is 0. The minimum absolute atomic E-state index is 0.0697. The number of carboxylic acid groups (broad SMARTS) is 1. The van der Waals surface area contributed by atoms with Gasteiger partial charge in [0.05, 0.1) is 0 Å². The Labute approximate surface area is 148 Å². The first kappa shape index (κ1) is 23.3. The summed E-state index contributed by atoms with van der Waals surface area (Å²) in [6.07, 6.45) is 2.66. The molecule has 6 nitrogen and oxygen atoms in total. The van der Waals surface area contributed by atoms with Crippen LogP contribution < -0.4 is 16.2 Å². The van der Waals surface area contributed by atoms with E-state index >= 15 is 0 Å². The second kappa shape index (κ2) is 9.70. The molecule has 0 saturated carbocycles. The average Bonchev–Trinajstić information content (AvgIpc) is 2.49. The van der Waals surface area contributed by atoms with Crippen molar-refractivity contribution in [2.45, 2.75) is 105 Å². The van der Waals surface area contributed by atoms with Crippen molar-refractivity contribution in [1.82, 2.24) is 21.3 Å². The number of aliphatic carboxylic acids is 1. The molecule has 0 radical (unpaired) electrons. The minimum atomic E-state index is -1.28. The molecule has 0 amide bonds. The minimum Gasteiger partial charge on any atom is -0.479 e. The van der Waals surface area contributed by atoms with Crippen LogP contribution in [-0.2, 0) is 4.79 Å². The van der Waals surface area contributed by atoms with Gasteiger partial charge in [0.25, 0.3) is 0 Å². The van der Waals surface area contributed by atoms with E-state index in [0.717, 1.165) is 19.3 Å². The molecule has 0 aromatic rings. The summed E-state index contributed by atoms with van der Waals surface area (Å²) in [6, 6.07) is 0.378. The van der Waals surface area contributed by atoms with E-state index in [1.54, 1.807) is 5.12 Å². The summed E-state index contributed by atoms with van der Waals surface area (Å²) in [5.41, 5.74) is 4.90. The third-order valence-corrected chi connectivity index (χ3v) is 4.72. The van der Waals surface area contributed by atoms with E-state index in [0.29, 0.717) is 0 Å². The molecule has 0 heterocycles. The van der Waals surface area contributed by atoms with Gasteiger partial charge in [0.1, 0.15) is 0 Å². The number of rotatable bonds is 11. The number of hydrazine groups is 2. The first-order valence-corrected chi connectivity index (χ1v) is 9.29. The van der Waals surface area contributed by atoms with Crippen molar-refractivity contribution in [3.63, 3.8) is 0 Å². The van der Waals surface area contributed by atoms with Gasteiger partial charge in [0.15, 0.2) is 0 Å². The molecule has 0 fully saturated rings. The Bertz CT molecular complexity index is 372. The van der Waals surface area contributed by atoms with Gasteiger partial charge in [-0.05, 0) is 40.0 Å². The maximum atomic E-state index is 12.5. The van der Waals surface area contributed by atoms with Crippen LogP contribution in [0.15, 0.2) is 0 Å². The predicted octanol–water partition coefficient (Wildman–Crippen LogP) is 3.11. The Morgan fingerprint density at radius 1 is 0.917 bits per heavy atom. The van der Waals surface area contributed by atoms with Crippen LogP contribution in [0.2, 0.25) is 0 Å². The highest BCUT2D eigenvalue weighted by molar-refractivity contribution is 5.79. The number of hydrogen-bond acceptors (Lipinski definition) is 5. The second-order valence-electron chi connectivity index (χ2n) is 7.93. The molecular formula is C18H40N4O2. The van der Waals surface area contributed by atoms with E-state index in [1.165, 1.54) is 0 Å². The fourth-order valence-electron chi connectivity index (χ4n) is 2.41. The van der Waals surface area contributed by atoms with Crippen molar-refractivity contribution >= 4 is 5.97 Å². The van der Waals surface area contributed by atoms with E-state index in [9.17, 15) is 9.90 Å². The molecule has 24 heavy (non-hydrogen) atoms. The zero-order valence-electron chi connectivity index (χ0n) is 17.2. The second-order valence-corrected chi connectivity index (χ2v) is 7.93. The Hall–Kier alpha value is -0.690. The summed E-state index contributed by atoms with van der Waals surface area (Å²) in [5, 5.41) is 15.4. The van der Waals surface area contributed by atoms with E-state index in [2.05, 4.69) is 50.8 Å². The first-order valence-electron chi connectivity index (χ1n) is 9.29. The van der Waals surface area contributed by atoms with Crippen LogP contribution in [0.25, 0.3) is 0 Å². The molecule has 0 aliphatic rings. The maximum absolute atomic E-state index is 12.5. The molecule has 0 aliphatic carbocycles. The highest BCUT2D eigenvalue weighted by atomic mass is 16.4. The van der Waals surface area contributed by atoms with Gasteiger partial charge in [-0.1, -0.05) is 41.5 Å². The van der Waals surface area contributed by atoms with Crippen molar-refractivity contribution in [2.24, 2.45) is 5.41 Å². The summed E-state index contributed by atoms with van der Waals surface area (Å²) in [6.45, 7) is 18.2. The standard InChI is InChI=1S/C18H40N4O2/c1-10-13(4)19-18(16(23)24,17(7,8)9)22(20-14(5)11-2)21-15(6)12-3/h13-15,19-21H,10-12H2,1-9H3,(H,23,24)/t13?,14?,15?,18-/m1/s1. The highest BCUT2D eigenvalue weighted by Gasteiger charge is 2.55. The Morgan fingerprint density at radius 3 is 1.54 bits per heavy atom. The largest absolute Gasteiger partial charge is 0.479 e. The molecule has 6 heteroatoms. The van der Waals surface area contributed by atoms with Gasteiger partial charge >= 0.3 is 5.97 Å². The van der Waals surface area contributed by atoms with Crippen LogP contribution in [0.5, 0.6) is 0 Å². The van der Waals surface area contributed by atoms with Gasteiger partial charge in [0.2, 0.25) is 5.66 Å². The van der Waals surface area contributed by atoms with Crippen molar-refractivity contribution in [1.29, 1.82) is 0 Å². The zero-order chi connectivity index (χ0) is 19.1. The molecule has 144 valence electrons. The molecule has 0 spiro atoms. The number of hydrogen-bond donors (Lipinski definition) is 4. The molecule has 0 aromatic heterocycles. The third kappa shape index (κ3) is 5.69. The predicted molar refractivity (Wildman–Crippen MR) is 100 cm³/mol. The summed E-state index contributed by atoms with van der Waals surface area (Å²) >= 11 is 0. The highest BCUT2D eigenvalue weighted by Crippen LogP contribution is 2.33. The average molecular weight is 345 g/mol. The lowest BCUT2D eigenvalue weighted by Crippen LogP contribution is -2.79. The first-order chi connectivity index (χ1) is 11.0. The Kier molecular flexibility index (Phi) is 9.43. The summed E-state index contributed by atoms with van der Waals surface area (Å²) in [5.74, 6) is -0.887. The van der Waals surface area contributed by atoms with E-state index in [4.69, 9.17) is 0 Å². The van der Waals surface area contributed by atoms with Crippen molar-refractivity contribution < 1.29 is 9.90 Å². The molecule has 0 saturated heterocycles. The van der Waals surface area contributed by atoms with Gasteiger partial charge in [-0.25, -0.2) is 15.6 Å². The quantitative estimate of drug-likeness (QED) is 0.341. The summed E-state index contributed by atoms with van der Waals surface area (Å²) in [4.78, 5) is 12.5. The fourth-order valence-corrected chi connectivity index (χ4v) is 2.41.